The highest BCUT2D eigenvalue weighted by atomic mass is 35.5. The number of hydrogen-bond donors (Lipinski definition) is 2. The predicted molar refractivity (Wildman–Crippen MR) is 131 cm³/mol. The van der Waals surface area contributed by atoms with Crippen LogP contribution in [0.2, 0.25) is 10.0 Å². The Bertz CT molecular complexity index is 1130. The fourth-order valence-electron chi connectivity index (χ4n) is 4.72. The number of carbonyl (C=O) groups excluding carboxylic acids is 2. The first-order valence-corrected chi connectivity index (χ1v) is 12.2. The zero-order chi connectivity index (χ0) is 26.3. The van der Waals surface area contributed by atoms with Crippen molar-refractivity contribution in [2.24, 2.45) is 0 Å². The smallest absolute Gasteiger partial charge is 0.471 e. The number of ether oxygens (including phenoxy) is 1. The summed E-state index contributed by atoms with van der Waals surface area (Å²) in [6.07, 6.45) is -0.557. The van der Waals surface area contributed by atoms with Crippen molar-refractivity contribution in [2.75, 3.05) is 10.2 Å². The van der Waals surface area contributed by atoms with E-state index in [1.54, 1.807) is 43.4 Å². The summed E-state index contributed by atoms with van der Waals surface area (Å²) < 4.78 is 43.3. The molecule has 3 heterocycles. The zero-order valence-corrected chi connectivity index (χ0v) is 21.0. The van der Waals surface area contributed by atoms with Gasteiger partial charge in [0.15, 0.2) is 5.60 Å². The number of rotatable bonds is 6. The lowest BCUT2D eigenvalue weighted by Crippen LogP contribution is -2.55. The molecule has 2 N–H and O–H groups in total. The summed E-state index contributed by atoms with van der Waals surface area (Å²) in [7, 11) is 0. The third-order valence-electron chi connectivity index (χ3n) is 6.40. The Hall–Kier alpha value is -2.72. The van der Waals surface area contributed by atoms with Crippen molar-refractivity contribution < 1.29 is 27.5 Å². The summed E-state index contributed by atoms with van der Waals surface area (Å²) in [5, 5.41) is 5.67. The minimum atomic E-state index is -4.97. The third kappa shape index (κ3) is 5.81. The van der Waals surface area contributed by atoms with Crippen LogP contribution in [0.5, 0.6) is 5.75 Å². The molecule has 2 amide bonds. The number of nitrogens with one attached hydrogen (secondary N) is 2. The Kier molecular flexibility index (Phi) is 7.30. The summed E-state index contributed by atoms with van der Waals surface area (Å²) in [6, 6.07) is 7.97. The monoisotopic (exact) mass is 544 g/mol. The molecule has 2 fully saturated rings. The zero-order valence-electron chi connectivity index (χ0n) is 19.5. The molecule has 2 atom stereocenters. The third-order valence-corrected chi connectivity index (χ3v) is 6.93. The first kappa shape index (κ1) is 26.3. The van der Waals surface area contributed by atoms with Crippen LogP contribution in [-0.4, -0.2) is 46.7 Å². The fraction of sp³-hybridized carbons (Fsp3) is 0.458. The van der Waals surface area contributed by atoms with Gasteiger partial charge in [-0.3, -0.25) is 9.59 Å². The average molecular weight is 545 g/mol. The van der Waals surface area contributed by atoms with E-state index in [2.05, 4.69) is 15.2 Å². The fourth-order valence-corrected chi connectivity index (χ4v) is 5.17. The standard InChI is InChI=1S/C24H25Cl2F3N4O3/c1-23(2,36-19-7-3-13(25)9-18(19)26)21(34)32-15-10-16-5-6-17(11-15)33(16)20-8-4-14(12-30-20)31-22(35)24(27,28)29/h3-4,7-9,12,15-17H,5-6,10-11H2,1-2H3,(H,31,35)(H,32,34). The molecule has 2 aliphatic heterocycles. The molecule has 2 aliphatic rings. The Morgan fingerprint density at radius 1 is 1.06 bits per heavy atom. The highest BCUT2D eigenvalue weighted by Crippen LogP contribution is 2.39. The van der Waals surface area contributed by atoms with Gasteiger partial charge < -0.3 is 20.3 Å². The van der Waals surface area contributed by atoms with Crippen LogP contribution in [0.25, 0.3) is 0 Å². The average Bonchev–Trinajstić information content (AvgIpc) is 3.05. The van der Waals surface area contributed by atoms with E-state index in [9.17, 15) is 22.8 Å². The second kappa shape index (κ2) is 9.97. The molecule has 2 aromatic rings. The number of alkyl halides is 3. The van der Waals surface area contributed by atoms with Gasteiger partial charge in [0, 0.05) is 23.1 Å². The molecule has 7 nitrogen and oxygen atoms in total. The molecule has 2 saturated heterocycles. The SMILES string of the molecule is CC(C)(Oc1ccc(Cl)cc1Cl)C(=O)NC1CC2CCC(C1)N2c1ccc(NC(=O)C(F)(F)F)cn1. The van der Waals surface area contributed by atoms with E-state index in [0.717, 1.165) is 12.8 Å². The van der Waals surface area contributed by atoms with Crippen LogP contribution in [0.4, 0.5) is 24.7 Å². The molecule has 36 heavy (non-hydrogen) atoms. The molecule has 0 spiro atoms. The number of nitrogens with zero attached hydrogens (tertiary/aromatic N) is 2. The van der Waals surface area contributed by atoms with Gasteiger partial charge in [0.2, 0.25) is 0 Å². The maximum Gasteiger partial charge on any atom is 0.471 e. The molecule has 0 saturated carbocycles. The highest BCUT2D eigenvalue weighted by Gasteiger charge is 2.43. The van der Waals surface area contributed by atoms with E-state index in [-0.39, 0.29) is 29.7 Å². The van der Waals surface area contributed by atoms with Gasteiger partial charge in [-0.05, 0) is 69.9 Å². The van der Waals surface area contributed by atoms with Crippen molar-refractivity contribution >= 4 is 46.5 Å². The molecule has 4 rings (SSSR count). The summed E-state index contributed by atoms with van der Waals surface area (Å²) >= 11 is 12.1. The van der Waals surface area contributed by atoms with Crippen molar-refractivity contribution in [3.05, 3.63) is 46.6 Å². The van der Waals surface area contributed by atoms with Gasteiger partial charge in [0.25, 0.3) is 5.91 Å². The lowest BCUT2D eigenvalue weighted by molar-refractivity contribution is -0.167. The van der Waals surface area contributed by atoms with Gasteiger partial charge in [0.1, 0.15) is 11.6 Å². The Labute approximate surface area is 216 Å². The van der Waals surface area contributed by atoms with Crippen molar-refractivity contribution in [2.45, 2.75) is 69.4 Å². The van der Waals surface area contributed by atoms with Crippen LogP contribution in [0, 0.1) is 0 Å². The lowest BCUT2D eigenvalue weighted by Gasteiger charge is -2.40. The molecule has 12 heteroatoms. The Balaban J connectivity index is 1.37. The van der Waals surface area contributed by atoms with Gasteiger partial charge >= 0.3 is 12.1 Å². The summed E-state index contributed by atoms with van der Waals surface area (Å²) in [5.74, 6) is -1.33. The Morgan fingerprint density at radius 2 is 1.72 bits per heavy atom. The molecule has 2 unspecified atom stereocenters. The van der Waals surface area contributed by atoms with Crippen LogP contribution in [-0.2, 0) is 9.59 Å². The van der Waals surface area contributed by atoms with Gasteiger partial charge in [-0.2, -0.15) is 13.2 Å². The maximum absolute atomic E-state index is 13.1. The summed E-state index contributed by atoms with van der Waals surface area (Å²) in [6.45, 7) is 3.33. The number of aromatic nitrogens is 1. The Morgan fingerprint density at radius 3 is 2.28 bits per heavy atom. The second-order valence-corrected chi connectivity index (χ2v) is 10.3. The highest BCUT2D eigenvalue weighted by molar-refractivity contribution is 6.35. The number of pyridine rings is 1. The van der Waals surface area contributed by atoms with Crippen molar-refractivity contribution in [1.29, 1.82) is 0 Å². The van der Waals surface area contributed by atoms with Gasteiger partial charge in [-0.25, -0.2) is 4.98 Å². The number of anilines is 2. The van der Waals surface area contributed by atoms with Crippen LogP contribution in [0.3, 0.4) is 0 Å². The number of fused-ring (bicyclic) bond motifs is 2. The van der Waals surface area contributed by atoms with Gasteiger partial charge in [-0.1, -0.05) is 23.2 Å². The number of halogens is 5. The number of amides is 2. The quantitative estimate of drug-likeness (QED) is 0.511. The van der Waals surface area contributed by atoms with Crippen LogP contribution in [0.15, 0.2) is 36.5 Å². The van der Waals surface area contributed by atoms with Crippen LogP contribution >= 0.6 is 23.2 Å². The second-order valence-electron chi connectivity index (χ2n) is 9.48. The minimum absolute atomic E-state index is 0.0291. The van der Waals surface area contributed by atoms with Crippen LogP contribution in [0.1, 0.15) is 39.5 Å². The number of piperidine rings is 1. The van der Waals surface area contributed by atoms with Crippen molar-refractivity contribution in [3.8, 4) is 5.75 Å². The van der Waals surface area contributed by atoms with Crippen molar-refractivity contribution in [1.82, 2.24) is 10.3 Å². The van der Waals surface area contributed by atoms with E-state index in [1.807, 2.05) is 0 Å². The topological polar surface area (TPSA) is 83.6 Å². The predicted octanol–water partition coefficient (Wildman–Crippen LogP) is 5.36. The van der Waals surface area contributed by atoms with E-state index in [0.29, 0.717) is 34.5 Å². The molecule has 2 bridgehead atoms. The number of hydrogen-bond acceptors (Lipinski definition) is 5. The molecular weight excluding hydrogens is 520 g/mol. The molecule has 1 aromatic heterocycles. The molecule has 194 valence electrons. The number of benzene rings is 1. The molecule has 0 radical (unpaired) electrons. The lowest BCUT2D eigenvalue weighted by atomic mass is 9.96. The first-order chi connectivity index (χ1) is 16.8. The maximum atomic E-state index is 13.1. The van der Waals surface area contributed by atoms with E-state index < -0.39 is 17.7 Å². The molecular formula is C24H25Cl2F3N4O3. The largest absolute Gasteiger partial charge is 0.476 e. The normalized spacial score (nSPS) is 21.8. The molecule has 0 aliphatic carbocycles. The van der Waals surface area contributed by atoms with Crippen LogP contribution < -0.4 is 20.3 Å². The van der Waals surface area contributed by atoms with Crippen molar-refractivity contribution in [3.63, 3.8) is 0 Å². The number of carbonyl (C=O) groups is 2. The van der Waals surface area contributed by atoms with E-state index in [4.69, 9.17) is 27.9 Å². The van der Waals surface area contributed by atoms with Gasteiger partial charge in [0.05, 0.1) is 16.9 Å². The summed E-state index contributed by atoms with van der Waals surface area (Å²) in [4.78, 5) is 30.6. The molecule has 1 aromatic carbocycles. The van der Waals surface area contributed by atoms with Gasteiger partial charge in [-0.15, -0.1) is 0 Å². The first-order valence-electron chi connectivity index (χ1n) is 11.4. The van der Waals surface area contributed by atoms with E-state index >= 15 is 0 Å². The minimum Gasteiger partial charge on any atom is -0.476 e. The van der Waals surface area contributed by atoms with E-state index in [1.165, 1.54) is 12.3 Å². The summed E-state index contributed by atoms with van der Waals surface area (Å²) in [5.41, 5.74) is -1.20.